The fourth-order valence-electron chi connectivity index (χ4n) is 2.30. The van der Waals surface area contributed by atoms with E-state index in [0.29, 0.717) is 17.0 Å². The summed E-state index contributed by atoms with van der Waals surface area (Å²) in [6, 6.07) is 10.4. The lowest BCUT2D eigenvalue weighted by atomic mass is 10.0. The largest absolute Gasteiger partial charge is 0.482 e. The standard InChI is InChI=1S/C16H13BrFNO2/c1-9-2-4-12(18)11(6-9)16(17)10-3-5-14-13(7-10)19-15(20)8-21-14/h2-7,16H,8H2,1H3,(H,19,20). The van der Waals surface area contributed by atoms with Crippen molar-refractivity contribution in [3.8, 4) is 5.75 Å². The summed E-state index contributed by atoms with van der Waals surface area (Å²) in [5.74, 6) is 0.177. The minimum Gasteiger partial charge on any atom is -0.482 e. The number of amides is 1. The van der Waals surface area contributed by atoms with Gasteiger partial charge in [-0.1, -0.05) is 39.7 Å². The van der Waals surface area contributed by atoms with E-state index in [0.717, 1.165) is 11.1 Å². The number of aryl methyl sites for hydroxylation is 1. The molecule has 1 aliphatic heterocycles. The highest BCUT2D eigenvalue weighted by Crippen LogP contribution is 2.37. The molecule has 0 saturated heterocycles. The summed E-state index contributed by atoms with van der Waals surface area (Å²) in [6.07, 6.45) is 0. The van der Waals surface area contributed by atoms with Crippen molar-refractivity contribution in [1.82, 2.24) is 0 Å². The Kier molecular flexibility index (Phi) is 3.68. The van der Waals surface area contributed by atoms with Crippen LogP contribution in [0.5, 0.6) is 5.75 Å². The molecule has 1 aliphatic rings. The molecule has 1 amide bonds. The van der Waals surface area contributed by atoms with Gasteiger partial charge in [-0.25, -0.2) is 4.39 Å². The Morgan fingerprint density at radius 3 is 2.90 bits per heavy atom. The van der Waals surface area contributed by atoms with Gasteiger partial charge in [0.15, 0.2) is 6.61 Å². The first-order chi connectivity index (χ1) is 10.0. The van der Waals surface area contributed by atoms with E-state index >= 15 is 0 Å². The highest BCUT2D eigenvalue weighted by Gasteiger charge is 2.20. The Balaban J connectivity index is 1.98. The summed E-state index contributed by atoms with van der Waals surface area (Å²) in [7, 11) is 0. The molecule has 3 nitrogen and oxygen atoms in total. The molecular weight excluding hydrogens is 337 g/mol. The van der Waals surface area contributed by atoms with Crippen molar-refractivity contribution in [3.63, 3.8) is 0 Å². The van der Waals surface area contributed by atoms with Crippen molar-refractivity contribution in [2.24, 2.45) is 0 Å². The molecule has 0 aliphatic carbocycles. The summed E-state index contributed by atoms with van der Waals surface area (Å²) < 4.78 is 19.3. The van der Waals surface area contributed by atoms with E-state index in [1.165, 1.54) is 6.07 Å². The second-order valence-electron chi connectivity index (χ2n) is 4.98. The van der Waals surface area contributed by atoms with E-state index in [1.54, 1.807) is 18.2 Å². The Morgan fingerprint density at radius 2 is 2.10 bits per heavy atom. The van der Waals surface area contributed by atoms with Crippen LogP contribution in [0.15, 0.2) is 36.4 Å². The second kappa shape index (κ2) is 5.48. The first-order valence-corrected chi connectivity index (χ1v) is 7.43. The van der Waals surface area contributed by atoms with E-state index in [-0.39, 0.29) is 23.2 Å². The number of alkyl halides is 1. The molecule has 0 bridgehead atoms. The number of carbonyl (C=O) groups is 1. The van der Waals surface area contributed by atoms with Crippen LogP contribution < -0.4 is 10.1 Å². The molecule has 1 N–H and O–H groups in total. The average Bonchev–Trinajstić information content (AvgIpc) is 2.48. The maximum atomic E-state index is 14.0. The maximum Gasteiger partial charge on any atom is 0.262 e. The summed E-state index contributed by atoms with van der Waals surface area (Å²) in [4.78, 5) is 11.1. The minimum absolute atomic E-state index is 0.0244. The summed E-state index contributed by atoms with van der Waals surface area (Å²) >= 11 is 3.53. The molecule has 1 heterocycles. The van der Waals surface area contributed by atoms with Crippen LogP contribution in [0.1, 0.15) is 21.5 Å². The van der Waals surface area contributed by atoms with Crippen molar-refractivity contribution < 1.29 is 13.9 Å². The minimum atomic E-state index is -0.290. The lowest BCUT2D eigenvalue weighted by Gasteiger charge is -2.20. The van der Waals surface area contributed by atoms with Gasteiger partial charge >= 0.3 is 0 Å². The first kappa shape index (κ1) is 14.1. The molecule has 2 aromatic carbocycles. The number of rotatable bonds is 2. The van der Waals surface area contributed by atoms with Crippen LogP contribution in [0.2, 0.25) is 0 Å². The van der Waals surface area contributed by atoms with Gasteiger partial charge in [0.2, 0.25) is 0 Å². The molecule has 0 aromatic heterocycles. The zero-order valence-corrected chi connectivity index (χ0v) is 12.9. The van der Waals surface area contributed by atoms with Crippen molar-refractivity contribution in [1.29, 1.82) is 0 Å². The third-order valence-corrected chi connectivity index (χ3v) is 4.38. The monoisotopic (exact) mass is 349 g/mol. The number of anilines is 1. The van der Waals surface area contributed by atoms with Crippen LogP contribution in [-0.2, 0) is 4.79 Å². The first-order valence-electron chi connectivity index (χ1n) is 6.51. The fourth-order valence-corrected chi connectivity index (χ4v) is 2.93. The van der Waals surface area contributed by atoms with Crippen molar-refractivity contribution in [2.75, 3.05) is 11.9 Å². The zero-order valence-electron chi connectivity index (χ0n) is 11.3. The van der Waals surface area contributed by atoms with Gasteiger partial charge in [-0.05, 0) is 30.7 Å². The number of nitrogens with one attached hydrogen (secondary N) is 1. The fraction of sp³-hybridized carbons (Fsp3) is 0.188. The quantitative estimate of drug-likeness (QED) is 0.833. The predicted octanol–water partition coefficient (Wildman–Crippen LogP) is 3.95. The topological polar surface area (TPSA) is 38.3 Å². The van der Waals surface area contributed by atoms with Crippen LogP contribution in [-0.4, -0.2) is 12.5 Å². The van der Waals surface area contributed by atoms with E-state index in [4.69, 9.17) is 4.74 Å². The third-order valence-electron chi connectivity index (χ3n) is 3.35. The number of hydrogen-bond acceptors (Lipinski definition) is 2. The van der Waals surface area contributed by atoms with E-state index in [9.17, 15) is 9.18 Å². The number of ether oxygens (including phenoxy) is 1. The molecule has 0 spiro atoms. The third kappa shape index (κ3) is 2.78. The van der Waals surface area contributed by atoms with Gasteiger partial charge in [0, 0.05) is 5.56 Å². The Bertz CT molecular complexity index is 717. The van der Waals surface area contributed by atoms with E-state index in [1.807, 2.05) is 19.1 Å². The zero-order chi connectivity index (χ0) is 15.0. The molecule has 5 heteroatoms. The van der Waals surface area contributed by atoms with Crippen LogP contribution in [0.3, 0.4) is 0 Å². The predicted molar refractivity (Wildman–Crippen MR) is 82.5 cm³/mol. The molecule has 108 valence electrons. The number of fused-ring (bicyclic) bond motifs is 1. The molecule has 0 fully saturated rings. The van der Waals surface area contributed by atoms with Gasteiger partial charge in [0.1, 0.15) is 11.6 Å². The average molecular weight is 350 g/mol. The number of benzene rings is 2. The Labute approximate surface area is 130 Å². The second-order valence-corrected chi connectivity index (χ2v) is 5.90. The number of hydrogen-bond donors (Lipinski definition) is 1. The smallest absolute Gasteiger partial charge is 0.262 e. The molecule has 21 heavy (non-hydrogen) atoms. The SMILES string of the molecule is Cc1ccc(F)c(C(Br)c2ccc3c(c2)NC(=O)CO3)c1. The van der Waals surface area contributed by atoms with Crippen LogP contribution in [0.25, 0.3) is 0 Å². The Hall–Kier alpha value is -1.88. The van der Waals surface area contributed by atoms with Crippen LogP contribution >= 0.6 is 15.9 Å². The lowest BCUT2D eigenvalue weighted by Crippen LogP contribution is -2.25. The van der Waals surface area contributed by atoms with Crippen molar-refractivity contribution in [2.45, 2.75) is 11.8 Å². The van der Waals surface area contributed by atoms with Crippen molar-refractivity contribution in [3.05, 3.63) is 58.9 Å². The highest BCUT2D eigenvalue weighted by molar-refractivity contribution is 9.09. The molecule has 1 unspecified atom stereocenters. The van der Waals surface area contributed by atoms with Crippen LogP contribution in [0, 0.1) is 12.7 Å². The summed E-state index contributed by atoms with van der Waals surface area (Å²) in [5.41, 5.74) is 3.02. The highest BCUT2D eigenvalue weighted by atomic mass is 79.9. The maximum absolute atomic E-state index is 14.0. The number of carbonyl (C=O) groups excluding carboxylic acids is 1. The van der Waals surface area contributed by atoms with E-state index in [2.05, 4.69) is 21.2 Å². The van der Waals surface area contributed by atoms with E-state index < -0.39 is 0 Å². The van der Waals surface area contributed by atoms with Gasteiger partial charge < -0.3 is 10.1 Å². The summed E-state index contributed by atoms with van der Waals surface area (Å²) in [5, 5.41) is 2.75. The molecule has 2 aromatic rings. The Morgan fingerprint density at radius 1 is 1.29 bits per heavy atom. The normalized spacial score (nSPS) is 14.9. The molecule has 3 rings (SSSR count). The molecule has 1 atom stereocenters. The van der Waals surface area contributed by atoms with Gasteiger partial charge in [-0.15, -0.1) is 0 Å². The van der Waals surface area contributed by atoms with Gasteiger partial charge in [0.05, 0.1) is 10.5 Å². The molecular formula is C16H13BrFNO2. The number of halogens is 2. The van der Waals surface area contributed by atoms with Gasteiger partial charge in [-0.2, -0.15) is 0 Å². The van der Waals surface area contributed by atoms with Crippen molar-refractivity contribution >= 4 is 27.5 Å². The molecule has 0 radical (unpaired) electrons. The molecule has 0 saturated carbocycles. The lowest BCUT2D eigenvalue weighted by molar-refractivity contribution is -0.118. The summed E-state index contributed by atoms with van der Waals surface area (Å²) in [6.45, 7) is 1.94. The van der Waals surface area contributed by atoms with Crippen LogP contribution in [0.4, 0.5) is 10.1 Å². The van der Waals surface area contributed by atoms with Gasteiger partial charge in [0.25, 0.3) is 5.91 Å². The van der Waals surface area contributed by atoms with Gasteiger partial charge in [-0.3, -0.25) is 4.79 Å².